The van der Waals surface area contributed by atoms with Gasteiger partial charge >= 0.3 is 0 Å². The van der Waals surface area contributed by atoms with Gasteiger partial charge in [-0.3, -0.25) is 4.79 Å². The Hall–Kier alpha value is -1.16. The Morgan fingerprint density at radius 1 is 1.44 bits per heavy atom. The Balaban J connectivity index is 2.53. The molecule has 1 aromatic carbocycles. The number of amides is 1. The van der Waals surface area contributed by atoms with Crippen LogP contribution in [0.25, 0.3) is 0 Å². The van der Waals surface area contributed by atoms with Crippen molar-refractivity contribution in [1.82, 2.24) is 0 Å². The van der Waals surface area contributed by atoms with E-state index in [1.54, 1.807) is 18.9 Å². The molecule has 100 valence electrons. The maximum atomic E-state index is 12.0. The van der Waals surface area contributed by atoms with Gasteiger partial charge in [-0.05, 0) is 31.2 Å². The van der Waals surface area contributed by atoms with Gasteiger partial charge < -0.3 is 10.1 Å². The average molecular weight is 267 g/mol. The van der Waals surface area contributed by atoms with Crippen LogP contribution in [0.2, 0.25) is 0 Å². The van der Waals surface area contributed by atoms with Crippen LogP contribution in [0.4, 0.5) is 5.69 Å². The van der Waals surface area contributed by atoms with Crippen molar-refractivity contribution >= 4 is 23.4 Å². The van der Waals surface area contributed by atoms with Crippen LogP contribution < -0.4 is 10.1 Å². The topological polar surface area (TPSA) is 38.3 Å². The standard InChI is InChI=1S/C14H21NO2S/c1-4-5-10-18-11(2)14(16)15-12-8-6-7-9-13(12)17-3/h6-9,11H,4-5,10H2,1-3H3,(H,15,16). The minimum atomic E-state index is -0.0403. The van der Waals surface area contributed by atoms with E-state index in [0.29, 0.717) is 5.75 Å². The summed E-state index contributed by atoms with van der Waals surface area (Å²) in [5.74, 6) is 1.74. The number of ether oxygens (including phenoxy) is 1. The van der Waals surface area contributed by atoms with Gasteiger partial charge in [0.2, 0.25) is 5.91 Å². The lowest BCUT2D eigenvalue weighted by Crippen LogP contribution is -2.23. The summed E-state index contributed by atoms with van der Waals surface area (Å²) in [6.07, 6.45) is 2.31. The summed E-state index contributed by atoms with van der Waals surface area (Å²) in [6, 6.07) is 7.45. The number of nitrogens with one attached hydrogen (secondary N) is 1. The molecule has 4 heteroatoms. The molecule has 1 N–H and O–H groups in total. The van der Waals surface area contributed by atoms with Gasteiger partial charge in [-0.15, -0.1) is 11.8 Å². The first-order valence-corrected chi connectivity index (χ1v) is 7.29. The number of para-hydroxylation sites is 2. The van der Waals surface area contributed by atoms with Crippen LogP contribution in [-0.4, -0.2) is 24.0 Å². The van der Waals surface area contributed by atoms with Gasteiger partial charge in [0.05, 0.1) is 18.0 Å². The summed E-state index contributed by atoms with van der Waals surface area (Å²) in [6.45, 7) is 4.09. The molecule has 1 aromatic rings. The third-order valence-electron chi connectivity index (χ3n) is 2.60. The molecule has 0 saturated carbocycles. The summed E-state index contributed by atoms with van der Waals surface area (Å²) >= 11 is 1.69. The maximum absolute atomic E-state index is 12.0. The number of methoxy groups -OCH3 is 1. The maximum Gasteiger partial charge on any atom is 0.237 e. The fourth-order valence-corrected chi connectivity index (χ4v) is 2.48. The zero-order valence-electron chi connectivity index (χ0n) is 11.2. The van der Waals surface area contributed by atoms with Crippen molar-refractivity contribution in [3.8, 4) is 5.75 Å². The average Bonchev–Trinajstić information content (AvgIpc) is 2.39. The third kappa shape index (κ3) is 4.61. The molecule has 0 saturated heterocycles. The van der Waals surface area contributed by atoms with Crippen LogP contribution in [0.5, 0.6) is 5.75 Å². The molecule has 1 unspecified atom stereocenters. The van der Waals surface area contributed by atoms with Gasteiger partial charge in [0, 0.05) is 0 Å². The largest absolute Gasteiger partial charge is 0.495 e. The Morgan fingerprint density at radius 3 is 2.83 bits per heavy atom. The van der Waals surface area contributed by atoms with Crippen LogP contribution in [0, 0.1) is 0 Å². The molecule has 0 heterocycles. The number of carbonyl (C=O) groups excluding carboxylic acids is 1. The minimum absolute atomic E-state index is 0.0283. The van der Waals surface area contributed by atoms with Crippen molar-refractivity contribution in [2.24, 2.45) is 0 Å². The van der Waals surface area contributed by atoms with Crippen LogP contribution >= 0.6 is 11.8 Å². The lowest BCUT2D eigenvalue weighted by molar-refractivity contribution is -0.115. The smallest absolute Gasteiger partial charge is 0.237 e. The molecule has 0 fully saturated rings. The van der Waals surface area contributed by atoms with Crippen molar-refractivity contribution in [3.63, 3.8) is 0 Å². The second kappa shape index (κ2) is 8.03. The first-order chi connectivity index (χ1) is 8.69. The van der Waals surface area contributed by atoms with Crippen LogP contribution in [0.1, 0.15) is 26.7 Å². The zero-order valence-corrected chi connectivity index (χ0v) is 12.0. The van der Waals surface area contributed by atoms with Gasteiger partial charge in [0.25, 0.3) is 0 Å². The first-order valence-electron chi connectivity index (χ1n) is 6.24. The number of hydrogen-bond acceptors (Lipinski definition) is 3. The molecule has 0 aliphatic rings. The lowest BCUT2D eigenvalue weighted by Gasteiger charge is -2.13. The summed E-state index contributed by atoms with van der Waals surface area (Å²) in [5, 5.41) is 2.86. The van der Waals surface area contributed by atoms with Gasteiger partial charge in [-0.2, -0.15) is 0 Å². The van der Waals surface area contributed by atoms with Crippen molar-refractivity contribution in [2.45, 2.75) is 31.9 Å². The molecule has 1 rings (SSSR count). The highest BCUT2D eigenvalue weighted by molar-refractivity contribution is 8.00. The van der Waals surface area contributed by atoms with Crippen LogP contribution in [0.15, 0.2) is 24.3 Å². The molecule has 0 radical (unpaired) electrons. The predicted molar refractivity (Wildman–Crippen MR) is 78.5 cm³/mol. The number of carbonyl (C=O) groups is 1. The van der Waals surface area contributed by atoms with E-state index in [1.807, 2.05) is 31.2 Å². The predicted octanol–water partition coefficient (Wildman–Crippen LogP) is 3.56. The van der Waals surface area contributed by atoms with E-state index < -0.39 is 0 Å². The number of hydrogen-bond donors (Lipinski definition) is 1. The second-order valence-electron chi connectivity index (χ2n) is 4.06. The number of rotatable bonds is 7. The third-order valence-corrected chi connectivity index (χ3v) is 3.84. The fraction of sp³-hybridized carbons (Fsp3) is 0.500. The quantitative estimate of drug-likeness (QED) is 0.768. The molecule has 0 bridgehead atoms. The number of thioether (sulfide) groups is 1. The Kier molecular flexibility index (Phi) is 6.65. The van der Waals surface area contributed by atoms with Crippen LogP contribution in [0.3, 0.4) is 0 Å². The monoisotopic (exact) mass is 267 g/mol. The van der Waals surface area contributed by atoms with Crippen molar-refractivity contribution in [2.75, 3.05) is 18.2 Å². The highest BCUT2D eigenvalue weighted by Crippen LogP contribution is 2.24. The normalized spacial score (nSPS) is 11.9. The molecular formula is C14H21NO2S. The number of benzene rings is 1. The van der Waals surface area contributed by atoms with E-state index in [9.17, 15) is 4.79 Å². The Morgan fingerprint density at radius 2 is 2.17 bits per heavy atom. The Labute approximate surface area is 113 Å². The zero-order chi connectivity index (χ0) is 13.4. The molecule has 0 spiro atoms. The van der Waals surface area contributed by atoms with Crippen molar-refractivity contribution < 1.29 is 9.53 Å². The summed E-state index contributed by atoms with van der Waals surface area (Å²) in [5.41, 5.74) is 0.730. The molecule has 1 amide bonds. The fourth-order valence-electron chi connectivity index (χ4n) is 1.46. The second-order valence-corrected chi connectivity index (χ2v) is 5.50. The lowest BCUT2D eigenvalue weighted by atomic mass is 10.3. The summed E-state index contributed by atoms with van der Waals surface area (Å²) in [4.78, 5) is 12.0. The van der Waals surface area contributed by atoms with E-state index in [2.05, 4.69) is 12.2 Å². The molecular weight excluding hydrogens is 246 g/mol. The summed E-state index contributed by atoms with van der Waals surface area (Å²) in [7, 11) is 1.60. The van der Waals surface area contributed by atoms with Gasteiger partial charge in [-0.1, -0.05) is 25.5 Å². The Bertz CT molecular complexity index is 382. The molecule has 3 nitrogen and oxygen atoms in total. The molecule has 1 atom stereocenters. The SMILES string of the molecule is CCCCSC(C)C(=O)Nc1ccccc1OC. The van der Waals surface area contributed by atoms with E-state index in [1.165, 1.54) is 0 Å². The van der Waals surface area contributed by atoms with E-state index >= 15 is 0 Å². The van der Waals surface area contributed by atoms with Crippen LogP contribution in [-0.2, 0) is 4.79 Å². The first kappa shape index (κ1) is 14.9. The molecule has 0 aliphatic carbocycles. The van der Waals surface area contributed by atoms with Gasteiger partial charge in [0.15, 0.2) is 0 Å². The summed E-state index contributed by atoms with van der Waals surface area (Å²) < 4.78 is 5.20. The van der Waals surface area contributed by atoms with E-state index in [0.717, 1.165) is 24.3 Å². The minimum Gasteiger partial charge on any atom is -0.495 e. The molecule has 18 heavy (non-hydrogen) atoms. The number of unbranched alkanes of at least 4 members (excludes halogenated alkanes) is 1. The number of anilines is 1. The molecule has 0 aliphatic heterocycles. The van der Waals surface area contributed by atoms with Gasteiger partial charge in [-0.25, -0.2) is 0 Å². The van der Waals surface area contributed by atoms with E-state index in [4.69, 9.17) is 4.74 Å². The highest BCUT2D eigenvalue weighted by Gasteiger charge is 2.14. The van der Waals surface area contributed by atoms with Gasteiger partial charge in [0.1, 0.15) is 5.75 Å². The van der Waals surface area contributed by atoms with Crippen molar-refractivity contribution in [1.29, 1.82) is 0 Å². The molecule has 0 aromatic heterocycles. The highest BCUT2D eigenvalue weighted by atomic mass is 32.2. The van der Waals surface area contributed by atoms with Crippen molar-refractivity contribution in [3.05, 3.63) is 24.3 Å². The van der Waals surface area contributed by atoms with E-state index in [-0.39, 0.29) is 11.2 Å².